The lowest BCUT2D eigenvalue weighted by molar-refractivity contribution is -0.429. The van der Waals surface area contributed by atoms with Crippen molar-refractivity contribution < 1.29 is 9.66 Å². The fourth-order valence-electron chi connectivity index (χ4n) is 1.58. The first-order valence-corrected chi connectivity index (χ1v) is 5.02. The van der Waals surface area contributed by atoms with Crippen molar-refractivity contribution in [2.24, 2.45) is 11.8 Å². The van der Waals surface area contributed by atoms with Gasteiger partial charge in [0.25, 0.3) is 0 Å². The van der Waals surface area contributed by atoms with Gasteiger partial charge in [0, 0.05) is 18.9 Å². The molecule has 0 N–H and O–H groups in total. The lowest BCUT2D eigenvalue weighted by Crippen LogP contribution is -2.06. The van der Waals surface area contributed by atoms with Gasteiger partial charge in [0.2, 0.25) is 5.70 Å². The van der Waals surface area contributed by atoms with Crippen molar-refractivity contribution in [1.82, 2.24) is 0 Å². The van der Waals surface area contributed by atoms with E-state index >= 15 is 0 Å². The Balaban J connectivity index is 2.60. The van der Waals surface area contributed by atoms with Crippen LogP contribution in [0.15, 0.2) is 11.8 Å². The van der Waals surface area contributed by atoms with Gasteiger partial charge in [0.15, 0.2) is 0 Å². The van der Waals surface area contributed by atoms with Gasteiger partial charge < -0.3 is 4.74 Å². The van der Waals surface area contributed by atoms with Crippen LogP contribution in [0, 0.1) is 22.0 Å². The maximum Gasteiger partial charge on any atom is 0.242 e. The summed E-state index contributed by atoms with van der Waals surface area (Å²) in [6.07, 6.45) is 3.23. The van der Waals surface area contributed by atoms with E-state index in [-0.39, 0.29) is 10.8 Å². The van der Waals surface area contributed by atoms with Gasteiger partial charge in [0.1, 0.15) is 0 Å². The van der Waals surface area contributed by atoms with E-state index in [9.17, 15) is 10.1 Å². The highest BCUT2D eigenvalue weighted by molar-refractivity contribution is 4.97. The number of rotatable bonds is 4. The molecule has 1 rings (SSSR count). The van der Waals surface area contributed by atoms with Gasteiger partial charge >= 0.3 is 0 Å². The predicted molar refractivity (Wildman–Crippen MR) is 53.5 cm³/mol. The maximum absolute atomic E-state index is 10.7. The zero-order valence-corrected chi connectivity index (χ0v) is 8.73. The minimum absolute atomic E-state index is 0.245. The van der Waals surface area contributed by atoms with Crippen LogP contribution in [0.25, 0.3) is 0 Å². The minimum atomic E-state index is -0.266. The minimum Gasteiger partial charge on any atom is -0.381 e. The van der Waals surface area contributed by atoms with Crippen LogP contribution in [0.4, 0.5) is 0 Å². The Morgan fingerprint density at radius 3 is 2.86 bits per heavy atom. The lowest BCUT2D eigenvalue weighted by atomic mass is 10.0. The van der Waals surface area contributed by atoms with Crippen LogP contribution in [0.2, 0.25) is 0 Å². The molecular formula is C10H17NO3. The number of ether oxygens (including phenoxy) is 1. The molecule has 1 heterocycles. The van der Waals surface area contributed by atoms with E-state index in [1.54, 1.807) is 6.08 Å². The molecule has 0 aromatic rings. The Kier molecular flexibility index (Phi) is 4.07. The number of hydrogen-bond donors (Lipinski definition) is 0. The highest BCUT2D eigenvalue weighted by Gasteiger charge is 2.19. The number of nitro groups is 1. The van der Waals surface area contributed by atoms with Gasteiger partial charge in [-0.1, -0.05) is 13.8 Å². The molecule has 0 aliphatic carbocycles. The molecule has 4 nitrogen and oxygen atoms in total. The summed E-state index contributed by atoms with van der Waals surface area (Å²) in [6.45, 7) is 5.34. The molecule has 0 saturated carbocycles. The summed E-state index contributed by atoms with van der Waals surface area (Å²) in [5.74, 6) is 0.572. The smallest absolute Gasteiger partial charge is 0.242 e. The van der Waals surface area contributed by atoms with Gasteiger partial charge in [-0.15, -0.1) is 0 Å². The molecule has 1 atom stereocenters. The van der Waals surface area contributed by atoms with Gasteiger partial charge in [-0.05, 0) is 18.4 Å². The average Bonchev–Trinajstić information content (AvgIpc) is 2.54. The fraction of sp³-hybridized carbons (Fsp3) is 0.800. The van der Waals surface area contributed by atoms with Crippen molar-refractivity contribution >= 4 is 0 Å². The van der Waals surface area contributed by atoms with E-state index in [2.05, 4.69) is 0 Å². The van der Waals surface area contributed by atoms with Gasteiger partial charge in [-0.3, -0.25) is 10.1 Å². The molecule has 0 aromatic carbocycles. The summed E-state index contributed by atoms with van der Waals surface area (Å²) in [5, 5.41) is 10.7. The third-order valence-electron chi connectivity index (χ3n) is 2.24. The lowest BCUT2D eigenvalue weighted by Gasteiger charge is -2.04. The van der Waals surface area contributed by atoms with Gasteiger partial charge in [0.05, 0.1) is 11.5 Å². The molecule has 4 heteroatoms. The van der Waals surface area contributed by atoms with Crippen LogP contribution in [0.3, 0.4) is 0 Å². The summed E-state index contributed by atoms with van der Waals surface area (Å²) >= 11 is 0. The van der Waals surface area contributed by atoms with Crippen LogP contribution < -0.4 is 0 Å². The van der Waals surface area contributed by atoms with E-state index in [0.717, 1.165) is 13.0 Å². The van der Waals surface area contributed by atoms with Crippen molar-refractivity contribution in [2.45, 2.75) is 26.7 Å². The van der Waals surface area contributed by atoms with Crippen molar-refractivity contribution in [3.05, 3.63) is 21.9 Å². The van der Waals surface area contributed by atoms with Crippen LogP contribution in [0.1, 0.15) is 26.7 Å². The second-order valence-electron chi connectivity index (χ2n) is 4.14. The molecule has 80 valence electrons. The standard InChI is InChI=1S/C10H17NO3/c1-8(2)5-10(11(12)13)6-9-3-4-14-7-9/h6,8-9H,3-5,7H2,1-2H3. The van der Waals surface area contributed by atoms with Crippen molar-refractivity contribution in [1.29, 1.82) is 0 Å². The molecule has 0 bridgehead atoms. The molecule has 0 spiro atoms. The normalized spacial score (nSPS) is 23.1. The van der Waals surface area contributed by atoms with E-state index < -0.39 is 0 Å². The molecular weight excluding hydrogens is 182 g/mol. The van der Waals surface area contributed by atoms with Crippen molar-refractivity contribution in [2.75, 3.05) is 13.2 Å². The molecule has 1 unspecified atom stereocenters. The van der Waals surface area contributed by atoms with Crippen molar-refractivity contribution in [3.8, 4) is 0 Å². The molecule has 0 amide bonds. The molecule has 1 aliphatic rings. The van der Waals surface area contributed by atoms with Crippen molar-refractivity contribution in [3.63, 3.8) is 0 Å². The Labute approximate surface area is 84.1 Å². The first-order valence-electron chi connectivity index (χ1n) is 5.02. The van der Waals surface area contributed by atoms with Crippen LogP contribution >= 0.6 is 0 Å². The topological polar surface area (TPSA) is 52.4 Å². The first kappa shape index (κ1) is 11.2. The number of hydrogen-bond acceptors (Lipinski definition) is 3. The third-order valence-corrected chi connectivity index (χ3v) is 2.24. The van der Waals surface area contributed by atoms with E-state index in [0.29, 0.717) is 24.6 Å². The van der Waals surface area contributed by atoms with E-state index in [1.165, 1.54) is 0 Å². The Morgan fingerprint density at radius 1 is 1.71 bits per heavy atom. The SMILES string of the molecule is CC(C)CC(=CC1CCOC1)[N+](=O)[O-]. The molecule has 14 heavy (non-hydrogen) atoms. The second kappa shape index (κ2) is 5.10. The van der Waals surface area contributed by atoms with Crippen LogP contribution in [-0.4, -0.2) is 18.1 Å². The molecule has 0 radical (unpaired) electrons. The largest absolute Gasteiger partial charge is 0.381 e. The molecule has 0 aromatic heterocycles. The number of allylic oxidation sites excluding steroid dienone is 1. The Bertz CT molecular complexity index is 230. The zero-order valence-electron chi connectivity index (χ0n) is 8.73. The van der Waals surface area contributed by atoms with E-state index in [1.807, 2.05) is 13.8 Å². The first-order chi connectivity index (χ1) is 6.59. The molecule has 1 saturated heterocycles. The predicted octanol–water partition coefficient (Wildman–Crippen LogP) is 2.23. The summed E-state index contributed by atoms with van der Waals surface area (Å²) in [7, 11) is 0. The Hall–Kier alpha value is -0.900. The van der Waals surface area contributed by atoms with E-state index in [4.69, 9.17) is 4.74 Å². The third kappa shape index (κ3) is 3.46. The summed E-state index contributed by atoms with van der Waals surface area (Å²) < 4.78 is 5.18. The fourth-order valence-corrected chi connectivity index (χ4v) is 1.58. The zero-order chi connectivity index (χ0) is 10.6. The number of nitrogens with zero attached hydrogens (tertiary/aromatic N) is 1. The monoisotopic (exact) mass is 199 g/mol. The second-order valence-corrected chi connectivity index (χ2v) is 4.14. The van der Waals surface area contributed by atoms with Crippen LogP contribution in [-0.2, 0) is 4.74 Å². The van der Waals surface area contributed by atoms with Crippen LogP contribution in [0.5, 0.6) is 0 Å². The summed E-state index contributed by atoms with van der Waals surface area (Å²) in [6, 6.07) is 0. The highest BCUT2D eigenvalue weighted by Crippen LogP contribution is 2.19. The average molecular weight is 199 g/mol. The van der Waals surface area contributed by atoms with Gasteiger partial charge in [-0.25, -0.2) is 0 Å². The Morgan fingerprint density at radius 2 is 2.43 bits per heavy atom. The quantitative estimate of drug-likeness (QED) is 0.515. The summed E-state index contributed by atoms with van der Waals surface area (Å²) in [4.78, 5) is 10.5. The van der Waals surface area contributed by atoms with Gasteiger partial charge in [-0.2, -0.15) is 0 Å². The molecule has 1 fully saturated rings. The summed E-state index contributed by atoms with van der Waals surface area (Å²) in [5.41, 5.74) is 0.343. The highest BCUT2D eigenvalue weighted by atomic mass is 16.6. The maximum atomic E-state index is 10.7. The molecule has 1 aliphatic heterocycles.